The van der Waals surface area contributed by atoms with Crippen molar-refractivity contribution in [2.75, 3.05) is 0 Å². The predicted octanol–water partition coefficient (Wildman–Crippen LogP) is 2.31. The number of nitrogens with two attached hydrogens (primary N) is 1. The highest BCUT2D eigenvalue weighted by atomic mass is 32.1. The zero-order valence-corrected chi connectivity index (χ0v) is 12.5. The molecule has 0 atom stereocenters. The summed E-state index contributed by atoms with van der Waals surface area (Å²) in [5.41, 5.74) is 7.03. The first kappa shape index (κ1) is 13.9. The molecule has 108 valence electrons. The van der Waals surface area contributed by atoms with E-state index in [0.717, 1.165) is 35.7 Å². The molecule has 0 unspecified atom stereocenters. The Balaban J connectivity index is 1.78. The summed E-state index contributed by atoms with van der Waals surface area (Å²) in [6.45, 7) is 0.442. The first-order valence-corrected chi connectivity index (χ1v) is 7.45. The number of para-hydroxylation sites is 1. The molecule has 1 aliphatic carbocycles. The van der Waals surface area contributed by atoms with Crippen LogP contribution in [0.2, 0.25) is 0 Å². The van der Waals surface area contributed by atoms with Crippen molar-refractivity contribution in [3.05, 3.63) is 42.1 Å². The Labute approximate surface area is 128 Å². The summed E-state index contributed by atoms with van der Waals surface area (Å²) in [7, 11) is 0. The molecule has 0 bridgehead atoms. The van der Waals surface area contributed by atoms with E-state index in [9.17, 15) is 4.79 Å². The number of fused-ring (bicyclic) bond motifs is 1. The highest BCUT2D eigenvalue weighted by molar-refractivity contribution is 7.80. The van der Waals surface area contributed by atoms with Crippen LogP contribution in [0.25, 0.3) is 10.9 Å². The standard InChI is InChI=1S/C16H17N3OS/c17-14(21)16(7-3-8-16)15(20)19-10-12-5-1-4-11-6-2-9-18-13(11)12/h1-2,4-6,9H,3,7-8,10H2,(H2,17,21)(H,19,20). The van der Waals surface area contributed by atoms with Crippen molar-refractivity contribution in [2.45, 2.75) is 25.8 Å². The number of carbonyl (C=O) groups is 1. The topological polar surface area (TPSA) is 68.0 Å². The van der Waals surface area contributed by atoms with Crippen LogP contribution in [0.4, 0.5) is 0 Å². The first-order valence-electron chi connectivity index (χ1n) is 7.04. The quantitative estimate of drug-likeness (QED) is 0.850. The fraction of sp³-hybridized carbons (Fsp3) is 0.312. The van der Waals surface area contributed by atoms with E-state index in [4.69, 9.17) is 18.0 Å². The van der Waals surface area contributed by atoms with Gasteiger partial charge in [-0.1, -0.05) is 42.9 Å². The Morgan fingerprint density at radius 2 is 2.10 bits per heavy atom. The van der Waals surface area contributed by atoms with Gasteiger partial charge >= 0.3 is 0 Å². The molecule has 3 rings (SSSR count). The summed E-state index contributed by atoms with van der Waals surface area (Å²) in [6, 6.07) is 9.87. The summed E-state index contributed by atoms with van der Waals surface area (Å²) in [6.07, 6.45) is 4.26. The molecular weight excluding hydrogens is 282 g/mol. The lowest BCUT2D eigenvalue weighted by molar-refractivity contribution is -0.131. The van der Waals surface area contributed by atoms with E-state index in [0.29, 0.717) is 11.5 Å². The van der Waals surface area contributed by atoms with Crippen molar-refractivity contribution in [2.24, 2.45) is 11.1 Å². The fourth-order valence-corrected chi connectivity index (χ4v) is 3.07. The summed E-state index contributed by atoms with van der Waals surface area (Å²) in [5.74, 6) is -0.0609. The molecule has 0 saturated heterocycles. The van der Waals surface area contributed by atoms with Crippen LogP contribution in [0.3, 0.4) is 0 Å². The van der Waals surface area contributed by atoms with Gasteiger partial charge in [-0.3, -0.25) is 9.78 Å². The average molecular weight is 299 g/mol. The lowest BCUT2D eigenvalue weighted by Gasteiger charge is -2.39. The highest BCUT2D eigenvalue weighted by Gasteiger charge is 2.46. The molecule has 0 aliphatic heterocycles. The first-order chi connectivity index (χ1) is 10.1. The van der Waals surface area contributed by atoms with Gasteiger partial charge < -0.3 is 11.1 Å². The number of hydrogen-bond donors (Lipinski definition) is 2. The molecule has 3 N–H and O–H groups in total. The maximum absolute atomic E-state index is 12.4. The molecule has 1 aromatic carbocycles. The van der Waals surface area contributed by atoms with Gasteiger partial charge in [0.05, 0.1) is 15.9 Å². The Morgan fingerprint density at radius 3 is 2.76 bits per heavy atom. The number of benzene rings is 1. The molecule has 21 heavy (non-hydrogen) atoms. The summed E-state index contributed by atoms with van der Waals surface area (Å²) in [4.78, 5) is 17.1. The number of pyridine rings is 1. The van der Waals surface area contributed by atoms with Crippen LogP contribution in [-0.4, -0.2) is 15.9 Å². The van der Waals surface area contributed by atoms with E-state index in [1.807, 2.05) is 30.3 Å². The smallest absolute Gasteiger partial charge is 0.233 e. The van der Waals surface area contributed by atoms with E-state index >= 15 is 0 Å². The Hall–Kier alpha value is -2.01. The number of hydrogen-bond acceptors (Lipinski definition) is 3. The fourth-order valence-electron chi connectivity index (χ4n) is 2.77. The average Bonchev–Trinajstić information content (AvgIpc) is 2.43. The minimum Gasteiger partial charge on any atom is -0.392 e. The Kier molecular flexibility index (Phi) is 3.59. The highest BCUT2D eigenvalue weighted by Crippen LogP contribution is 2.41. The molecule has 5 heteroatoms. The van der Waals surface area contributed by atoms with E-state index in [1.54, 1.807) is 6.20 Å². The third kappa shape index (κ3) is 2.38. The normalized spacial score (nSPS) is 16.2. The number of nitrogens with one attached hydrogen (secondary N) is 1. The van der Waals surface area contributed by atoms with Crippen LogP contribution in [0.5, 0.6) is 0 Å². The monoisotopic (exact) mass is 299 g/mol. The molecule has 4 nitrogen and oxygen atoms in total. The Bertz CT molecular complexity index is 704. The molecule has 1 aliphatic rings. The third-order valence-electron chi connectivity index (χ3n) is 4.27. The van der Waals surface area contributed by atoms with Gasteiger partial charge in [-0.25, -0.2) is 0 Å². The van der Waals surface area contributed by atoms with Crippen LogP contribution in [0.15, 0.2) is 36.5 Å². The largest absolute Gasteiger partial charge is 0.392 e. The van der Waals surface area contributed by atoms with Gasteiger partial charge in [-0.15, -0.1) is 0 Å². The zero-order chi connectivity index (χ0) is 14.9. The van der Waals surface area contributed by atoms with Crippen LogP contribution >= 0.6 is 12.2 Å². The van der Waals surface area contributed by atoms with Gasteiger partial charge in [0.2, 0.25) is 5.91 Å². The second-order valence-corrected chi connectivity index (χ2v) is 5.91. The number of amides is 1. The van der Waals surface area contributed by atoms with E-state index in [1.165, 1.54) is 0 Å². The van der Waals surface area contributed by atoms with Crippen LogP contribution in [0, 0.1) is 5.41 Å². The molecule has 1 heterocycles. The molecule has 1 saturated carbocycles. The van der Waals surface area contributed by atoms with Crippen molar-refractivity contribution >= 4 is 34.0 Å². The van der Waals surface area contributed by atoms with Crippen molar-refractivity contribution in [1.82, 2.24) is 10.3 Å². The molecule has 1 amide bonds. The van der Waals surface area contributed by atoms with E-state index < -0.39 is 5.41 Å². The van der Waals surface area contributed by atoms with Crippen LogP contribution in [0.1, 0.15) is 24.8 Å². The molecule has 2 aromatic rings. The molecule has 1 aromatic heterocycles. The van der Waals surface area contributed by atoms with Crippen LogP contribution in [-0.2, 0) is 11.3 Å². The molecule has 0 radical (unpaired) electrons. The summed E-state index contributed by atoms with van der Waals surface area (Å²) < 4.78 is 0. The van der Waals surface area contributed by atoms with E-state index in [-0.39, 0.29) is 5.91 Å². The Morgan fingerprint density at radius 1 is 1.33 bits per heavy atom. The minimum absolute atomic E-state index is 0.0609. The molecule has 1 fully saturated rings. The van der Waals surface area contributed by atoms with E-state index in [2.05, 4.69) is 10.3 Å². The lowest BCUT2D eigenvalue weighted by atomic mass is 9.68. The lowest BCUT2D eigenvalue weighted by Crippen LogP contribution is -2.52. The second kappa shape index (κ2) is 5.41. The zero-order valence-electron chi connectivity index (χ0n) is 11.6. The number of nitrogens with zero attached hydrogens (tertiary/aromatic N) is 1. The molecule has 0 spiro atoms. The van der Waals surface area contributed by atoms with Gasteiger partial charge in [0.1, 0.15) is 0 Å². The summed E-state index contributed by atoms with van der Waals surface area (Å²) >= 11 is 5.07. The van der Waals surface area contributed by atoms with Crippen molar-refractivity contribution in [1.29, 1.82) is 0 Å². The van der Waals surface area contributed by atoms with Crippen LogP contribution < -0.4 is 11.1 Å². The van der Waals surface area contributed by atoms with Crippen molar-refractivity contribution in [3.8, 4) is 0 Å². The number of thiocarbonyl (C=S) groups is 1. The number of rotatable bonds is 4. The van der Waals surface area contributed by atoms with Gasteiger partial charge in [-0.05, 0) is 24.5 Å². The van der Waals surface area contributed by atoms with Gasteiger partial charge in [0.15, 0.2) is 0 Å². The third-order valence-corrected chi connectivity index (χ3v) is 4.66. The number of aromatic nitrogens is 1. The van der Waals surface area contributed by atoms with Gasteiger partial charge in [-0.2, -0.15) is 0 Å². The minimum atomic E-state index is -0.632. The maximum Gasteiger partial charge on any atom is 0.233 e. The molecular formula is C16H17N3OS. The van der Waals surface area contributed by atoms with Gasteiger partial charge in [0, 0.05) is 18.1 Å². The summed E-state index contributed by atoms with van der Waals surface area (Å²) in [5, 5.41) is 4.04. The number of carbonyl (C=O) groups excluding carboxylic acids is 1. The van der Waals surface area contributed by atoms with Crippen molar-refractivity contribution < 1.29 is 4.79 Å². The van der Waals surface area contributed by atoms with Crippen molar-refractivity contribution in [3.63, 3.8) is 0 Å². The maximum atomic E-state index is 12.4. The second-order valence-electron chi connectivity index (χ2n) is 5.47. The predicted molar refractivity (Wildman–Crippen MR) is 86.7 cm³/mol. The van der Waals surface area contributed by atoms with Gasteiger partial charge in [0.25, 0.3) is 0 Å². The SMILES string of the molecule is NC(=S)C1(C(=O)NCc2cccc3cccnc23)CCC1.